The molecule has 2 aliphatic carbocycles. The van der Waals surface area contributed by atoms with Gasteiger partial charge >= 0.3 is 16.5 Å². The number of hydrogen-bond donors (Lipinski definition) is 2. The third-order valence-corrected chi connectivity index (χ3v) is 5.76. The van der Waals surface area contributed by atoms with E-state index in [-0.39, 0.29) is 50.5 Å². The van der Waals surface area contributed by atoms with E-state index in [9.17, 15) is 0 Å². The van der Waals surface area contributed by atoms with Crippen LogP contribution in [0.25, 0.3) is 0 Å². The second-order valence-electron chi connectivity index (χ2n) is 9.29. The van der Waals surface area contributed by atoms with Crippen molar-refractivity contribution in [3.63, 3.8) is 0 Å². The van der Waals surface area contributed by atoms with Gasteiger partial charge in [-0.3, -0.25) is 0 Å². The monoisotopic (exact) mass is 595 g/mol. The van der Waals surface area contributed by atoms with Gasteiger partial charge in [-0.2, -0.15) is 17.7 Å². The quantitative estimate of drug-likeness (QED) is 0.355. The van der Waals surface area contributed by atoms with Gasteiger partial charge in [0, 0.05) is 5.70 Å². The van der Waals surface area contributed by atoms with Crippen LogP contribution in [0, 0.1) is 29.7 Å². The number of halogens is 2. The zero-order chi connectivity index (χ0) is 21.2. The predicted molar refractivity (Wildman–Crippen MR) is 122 cm³/mol. The van der Waals surface area contributed by atoms with Crippen LogP contribution in [0.3, 0.4) is 0 Å². The van der Waals surface area contributed by atoms with Gasteiger partial charge in [-0.1, -0.05) is 85.5 Å². The molecule has 0 heterocycles. The topological polar surface area (TPSA) is 52.0 Å². The fourth-order valence-electron chi connectivity index (χ4n) is 4.40. The van der Waals surface area contributed by atoms with Gasteiger partial charge in [0.15, 0.2) is 0 Å². The van der Waals surface area contributed by atoms with Gasteiger partial charge in [-0.15, -0.1) is 11.1 Å². The molecule has 1 radical (unpaired) electrons. The zero-order valence-corrected chi connectivity index (χ0v) is 24.3. The Balaban J connectivity index is 0. The maximum Gasteiger partial charge on any atom is 3.00 e. The first-order valence-corrected chi connectivity index (χ1v) is 10.8. The Kier molecular flexibility index (Phi) is 14.7. The van der Waals surface area contributed by atoms with E-state index in [1.807, 2.05) is 0 Å². The molecule has 2 rings (SSSR count). The largest absolute Gasteiger partial charge is 3.00 e. The molecule has 0 aromatic carbocycles. The van der Waals surface area contributed by atoms with Gasteiger partial charge in [0.05, 0.1) is 0 Å². The van der Waals surface area contributed by atoms with E-state index in [2.05, 4.69) is 79.7 Å². The molecule has 0 atom stereocenters. The second-order valence-corrected chi connectivity index (χ2v) is 9.29. The van der Waals surface area contributed by atoms with Crippen LogP contribution in [0.1, 0.15) is 68.2 Å². The van der Waals surface area contributed by atoms with E-state index in [0.29, 0.717) is 23.7 Å². The van der Waals surface area contributed by atoms with Gasteiger partial charge in [-0.25, -0.2) is 0 Å². The van der Waals surface area contributed by atoms with E-state index in [1.165, 1.54) is 33.4 Å². The molecule has 0 unspecified atom stereocenters. The molecule has 0 amide bonds. The molecule has 0 aromatic rings. The minimum absolute atomic E-state index is 0. The van der Waals surface area contributed by atoms with Crippen molar-refractivity contribution in [1.29, 1.82) is 0 Å². The Bertz CT molecular complexity index is 739. The predicted octanol–water partition coefficient (Wildman–Crippen LogP) is 0.358. The molecule has 0 fully saturated rings. The van der Waals surface area contributed by atoms with Gasteiger partial charge in [-0.05, 0) is 41.0 Å². The van der Waals surface area contributed by atoms with Crippen molar-refractivity contribution in [2.45, 2.75) is 68.2 Å². The number of hydrogen-bond acceptors (Lipinski definition) is 2. The summed E-state index contributed by atoms with van der Waals surface area (Å²) < 4.78 is 0. The van der Waals surface area contributed by atoms with E-state index in [0.717, 1.165) is 24.2 Å². The third-order valence-electron chi connectivity index (χ3n) is 5.76. The first-order valence-electron chi connectivity index (χ1n) is 10.8. The Morgan fingerprint density at radius 3 is 1.55 bits per heavy atom. The summed E-state index contributed by atoms with van der Waals surface area (Å²) in [6, 6.07) is 0. The minimum atomic E-state index is 0. The molecule has 2 nitrogen and oxygen atoms in total. The van der Waals surface area contributed by atoms with Crippen molar-refractivity contribution >= 4 is 0 Å². The normalized spacial score (nSPS) is 19.6. The van der Waals surface area contributed by atoms with Crippen molar-refractivity contribution < 1.29 is 50.5 Å². The van der Waals surface area contributed by atoms with Crippen LogP contribution in [0.5, 0.6) is 0 Å². The molecule has 5 heteroatoms. The SMILES string of the molecule is CC(C)C1=CCC(=[C-]C=C2CC=C(C(C)C)C(N)=C2C(C)C)C(C(C)C)=C1N.[Br-].[Br-].[Ni+3]. The maximum absolute atomic E-state index is 6.57. The van der Waals surface area contributed by atoms with Crippen LogP contribution in [0.2, 0.25) is 0 Å². The molecule has 0 bridgehead atoms. The van der Waals surface area contributed by atoms with Crippen molar-refractivity contribution in [1.82, 2.24) is 0 Å². The summed E-state index contributed by atoms with van der Waals surface area (Å²) in [6.45, 7) is 17.7. The maximum atomic E-state index is 6.57. The first-order chi connectivity index (χ1) is 13.1. The Morgan fingerprint density at radius 2 is 1.13 bits per heavy atom. The van der Waals surface area contributed by atoms with Crippen LogP contribution in [0.15, 0.2) is 63.1 Å². The van der Waals surface area contributed by atoms with Crippen LogP contribution >= 0.6 is 0 Å². The summed E-state index contributed by atoms with van der Waals surface area (Å²) in [6.07, 6.45) is 12.2. The summed E-state index contributed by atoms with van der Waals surface area (Å²) >= 11 is 0. The second kappa shape index (κ2) is 13.9. The Labute approximate surface area is 221 Å². The average molecular weight is 598 g/mol. The van der Waals surface area contributed by atoms with E-state index >= 15 is 0 Å². The van der Waals surface area contributed by atoms with Gasteiger partial charge in [0.2, 0.25) is 0 Å². The fraction of sp³-hybridized carbons (Fsp3) is 0.538. The summed E-state index contributed by atoms with van der Waals surface area (Å²) in [5.74, 6) is 1.67. The Hall–Kier alpha value is -0.506. The summed E-state index contributed by atoms with van der Waals surface area (Å²) in [4.78, 5) is 0. The van der Waals surface area contributed by atoms with Gasteiger partial charge < -0.3 is 45.4 Å². The van der Waals surface area contributed by atoms with Crippen LogP contribution in [0.4, 0.5) is 0 Å². The molecular formula is C26H39Br2N2Ni. The molecule has 2 aliphatic rings. The van der Waals surface area contributed by atoms with Crippen molar-refractivity contribution in [2.24, 2.45) is 35.1 Å². The fourth-order valence-corrected chi connectivity index (χ4v) is 4.40. The number of nitrogens with two attached hydrogens (primary N) is 2. The molecule has 177 valence electrons. The van der Waals surface area contributed by atoms with Crippen molar-refractivity contribution in [2.75, 3.05) is 0 Å². The molecule has 4 N–H and O–H groups in total. The van der Waals surface area contributed by atoms with Crippen LogP contribution in [-0.2, 0) is 16.5 Å². The standard InChI is InChI=1S/C26H39N2.2BrH.Ni/c1-15(2)21-13-11-19(23(17(5)6)25(21)27)9-10-20-12-14-22(16(3)4)26(28)24(20)18(7)8;;;/h9,13-18H,11-12,27-28H2,1-8H3;2*1H;/q-1;;;+3/p-2. The van der Waals surface area contributed by atoms with Gasteiger partial charge in [0.25, 0.3) is 0 Å². The summed E-state index contributed by atoms with van der Waals surface area (Å²) in [7, 11) is 0. The van der Waals surface area contributed by atoms with Crippen LogP contribution in [-0.4, -0.2) is 0 Å². The number of allylic oxidation sites excluding steroid dienone is 10. The molecule has 0 aromatic heterocycles. The van der Waals surface area contributed by atoms with Crippen molar-refractivity contribution in [3.05, 3.63) is 69.1 Å². The Morgan fingerprint density at radius 1 is 0.710 bits per heavy atom. The molecule has 31 heavy (non-hydrogen) atoms. The average Bonchev–Trinajstić information content (AvgIpc) is 2.58. The summed E-state index contributed by atoms with van der Waals surface area (Å²) in [5, 5.41) is 0. The first kappa shape index (κ1) is 32.7. The molecule has 0 aliphatic heterocycles. The number of rotatable bonds is 5. The molecule has 0 saturated carbocycles. The summed E-state index contributed by atoms with van der Waals surface area (Å²) in [5.41, 5.74) is 22.6. The van der Waals surface area contributed by atoms with Crippen molar-refractivity contribution in [3.8, 4) is 0 Å². The van der Waals surface area contributed by atoms with E-state index in [1.54, 1.807) is 0 Å². The third kappa shape index (κ3) is 7.51. The van der Waals surface area contributed by atoms with E-state index in [4.69, 9.17) is 11.5 Å². The zero-order valence-electron chi connectivity index (χ0n) is 20.2. The molecule has 0 spiro atoms. The molecular weight excluding hydrogens is 559 g/mol. The van der Waals surface area contributed by atoms with E-state index < -0.39 is 0 Å². The van der Waals surface area contributed by atoms with Gasteiger partial charge in [0.1, 0.15) is 0 Å². The smallest absolute Gasteiger partial charge is 1.00 e. The molecule has 0 saturated heterocycles. The minimum Gasteiger partial charge on any atom is -1.00 e. The van der Waals surface area contributed by atoms with Crippen LogP contribution < -0.4 is 45.4 Å².